The van der Waals surface area contributed by atoms with Crippen molar-refractivity contribution >= 4 is 22.8 Å². The van der Waals surface area contributed by atoms with E-state index in [4.69, 9.17) is 9.84 Å². The van der Waals surface area contributed by atoms with Crippen LogP contribution in [0, 0.1) is 24.6 Å². The van der Waals surface area contributed by atoms with E-state index >= 15 is 0 Å². The SMILES string of the molecule is Cc1[nH]c2c(-c3cc(F)ccc3OCC3CC3)ncnc2c1C(=O)N[C@H]1CC[C@@H](NC(=O)CO)[C@H](C)C1. The number of nitrogens with one attached hydrogen (secondary N) is 3. The van der Waals surface area contributed by atoms with Crippen molar-refractivity contribution in [1.29, 1.82) is 0 Å². The number of aromatic amines is 1. The second kappa shape index (κ2) is 10.5. The van der Waals surface area contributed by atoms with E-state index in [1.165, 1.54) is 18.5 Å². The van der Waals surface area contributed by atoms with Crippen LogP contribution in [0.25, 0.3) is 22.3 Å². The number of H-pyrrole nitrogens is 1. The van der Waals surface area contributed by atoms with Crippen LogP contribution in [0.5, 0.6) is 5.75 Å². The number of amides is 2. The minimum Gasteiger partial charge on any atom is -0.493 e. The van der Waals surface area contributed by atoms with Gasteiger partial charge in [0.25, 0.3) is 5.91 Å². The summed E-state index contributed by atoms with van der Waals surface area (Å²) in [7, 11) is 0. The van der Waals surface area contributed by atoms with Crippen LogP contribution in [0.3, 0.4) is 0 Å². The van der Waals surface area contributed by atoms with Gasteiger partial charge in [0.15, 0.2) is 0 Å². The number of carbonyl (C=O) groups is 2. The van der Waals surface area contributed by atoms with Gasteiger partial charge in [0.1, 0.15) is 35.7 Å². The van der Waals surface area contributed by atoms with Crippen molar-refractivity contribution in [3.05, 3.63) is 41.6 Å². The molecule has 1 aromatic carbocycles. The molecule has 2 saturated carbocycles. The van der Waals surface area contributed by atoms with Gasteiger partial charge >= 0.3 is 0 Å². The summed E-state index contributed by atoms with van der Waals surface area (Å²) < 4.78 is 20.3. The van der Waals surface area contributed by atoms with Crippen LogP contribution >= 0.6 is 0 Å². The maximum atomic E-state index is 14.3. The molecule has 2 heterocycles. The van der Waals surface area contributed by atoms with Gasteiger partial charge in [-0.1, -0.05) is 6.92 Å². The Morgan fingerprint density at radius 1 is 1.19 bits per heavy atom. The molecule has 10 heteroatoms. The third kappa shape index (κ3) is 5.44. The molecule has 9 nitrogen and oxygen atoms in total. The molecule has 4 N–H and O–H groups in total. The lowest BCUT2D eigenvalue weighted by Crippen LogP contribution is -2.48. The number of fused-ring (bicyclic) bond motifs is 1. The van der Waals surface area contributed by atoms with Crippen molar-refractivity contribution in [3.8, 4) is 17.0 Å². The number of aliphatic hydroxyl groups is 1. The van der Waals surface area contributed by atoms with E-state index in [1.54, 1.807) is 13.0 Å². The summed E-state index contributed by atoms with van der Waals surface area (Å²) in [5, 5.41) is 15.0. The van der Waals surface area contributed by atoms with Crippen molar-refractivity contribution < 1.29 is 23.8 Å². The summed E-state index contributed by atoms with van der Waals surface area (Å²) in [4.78, 5) is 37.0. The second-order valence-electron chi connectivity index (χ2n) is 10.3. The minimum atomic E-state index is -0.531. The standard InChI is InChI=1S/C27H32FN5O4/c1-14-9-18(6-7-20(14)33-22(35)11-34)32-27(36)23-15(2)31-26-24(29-13-30-25(23)26)19-10-17(28)5-8-21(19)37-12-16-3-4-16/h5,8,10,13-14,16,18,20,31,34H,3-4,6-7,9,11-12H2,1-2H3,(H,32,36)(H,33,35)/t14-,18+,20-/m1/s1. The van der Waals surface area contributed by atoms with E-state index in [0.29, 0.717) is 71.1 Å². The molecule has 2 aliphatic carbocycles. The molecule has 0 saturated heterocycles. The average Bonchev–Trinajstić information content (AvgIpc) is 3.64. The fourth-order valence-corrected chi connectivity index (χ4v) is 5.16. The Kier molecular flexibility index (Phi) is 7.10. The van der Waals surface area contributed by atoms with Crippen molar-refractivity contribution in [2.45, 2.75) is 58.0 Å². The van der Waals surface area contributed by atoms with Gasteiger partial charge in [-0.2, -0.15) is 0 Å². The van der Waals surface area contributed by atoms with Gasteiger partial charge in [-0.25, -0.2) is 14.4 Å². The number of aryl methyl sites for hydroxylation is 1. The van der Waals surface area contributed by atoms with Gasteiger partial charge in [0.05, 0.1) is 17.7 Å². The molecule has 0 radical (unpaired) electrons. The number of rotatable bonds is 8. The van der Waals surface area contributed by atoms with E-state index in [0.717, 1.165) is 12.8 Å². The first-order valence-corrected chi connectivity index (χ1v) is 12.8. The summed E-state index contributed by atoms with van der Waals surface area (Å²) in [5.74, 6) is 0.202. The lowest BCUT2D eigenvalue weighted by Gasteiger charge is -2.34. The molecule has 196 valence electrons. The highest BCUT2D eigenvalue weighted by atomic mass is 19.1. The normalized spacial score (nSPS) is 21.6. The third-order valence-corrected chi connectivity index (χ3v) is 7.36. The minimum absolute atomic E-state index is 0.0273. The number of hydrogen-bond donors (Lipinski definition) is 4. The zero-order valence-corrected chi connectivity index (χ0v) is 21.0. The Bertz CT molecular complexity index is 1320. The largest absolute Gasteiger partial charge is 0.493 e. The number of nitrogens with zero attached hydrogens (tertiary/aromatic N) is 2. The van der Waals surface area contributed by atoms with Gasteiger partial charge < -0.3 is 25.5 Å². The lowest BCUT2D eigenvalue weighted by atomic mass is 9.82. The molecule has 0 spiro atoms. The molecule has 5 rings (SSSR count). The van der Waals surface area contributed by atoms with Gasteiger partial charge in [-0.15, -0.1) is 0 Å². The van der Waals surface area contributed by atoms with Gasteiger partial charge in [-0.05, 0) is 69.1 Å². The number of halogens is 1. The molecule has 37 heavy (non-hydrogen) atoms. The maximum Gasteiger partial charge on any atom is 0.255 e. The predicted molar refractivity (Wildman–Crippen MR) is 136 cm³/mol. The van der Waals surface area contributed by atoms with Crippen molar-refractivity contribution in [2.75, 3.05) is 13.2 Å². The molecule has 2 aromatic heterocycles. The number of benzene rings is 1. The second-order valence-corrected chi connectivity index (χ2v) is 10.3. The zero-order valence-electron chi connectivity index (χ0n) is 21.0. The molecule has 2 aliphatic rings. The third-order valence-electron chi connectivity index (χ3n) is 7.36. The summed E-state index contributed by atoms with van der Waals surface area (Å²) >= 11 is 0. The Balaban J connectivity index is 1.38. The van der Waals surface area contributed by atoms with E-state index in [1.807, 2.05) is 6.92 Å². The first-order valence-electron chi connectivity index (χ1n) is 12.8. The molecular formula is C27H32FN5O4. The summed E-state index contributed by atoms with van der Waals surface area (Å²) in [6.45, 7) is 3.88. The van der Waals surface area contributed by atoms with Gasteiger partial charge in [0.2, 0.25) is 5.91 Å². The zero-order chi connectivity index (χ0) is 26.1. The molecule has 0 aliphatic heterocycles. The Labute approximate surface area is 214 Å². The maximum absolute atomic E-state index is 14.3. The van der Waals surface area contributed by atoms with Crippen LogP contribution in [-0.2, 0) is 4.79 Å². The van der Waals surface area contributed by atoms with Crippen LogP contribution in [0.15, 0.2) is 24.5 Å². The highest BCUT2D eigenvalue weighted by Crippen LogP contribution is 2.37. The first-order chi connectivity index (χ1) is 17.8. The molecule has 3 aromatic rings. The van der Waals surface area contributed by atoms with Crippen LogP contribution < -0.4 is 15.4 Å². The molecular weight excluding hydrogens is 477 g/mol. The van der Waals surface area contributed by atoms with E-state index < -0.39 is 12.4 Å². The quantitative estimate of drug-likeness (QED) is 0.369. The summed E-state index contributed by atoms with van der Waals surface area (Å²) in [6, 6.07) is 4.30. The average molecular weight is 510 g/mol. The number of aromatic nitrogens is 3. The van der Waals surface area contributed by atoms with E-state index in [2.05, 4.69) is 25.6 Å². The number of ether oxygens (including phenoxy) is 1. The molecule has 3 atom stereocenters. The number of carbonyl (C=O) groups excluding carboxylic acids is 2. The van der Waals surface area contributed by atoms with Gasteiger partial charge in [-0.3, -0.25) is 9.59 Å². The van der Waals surface area contributed by atoms with Gasteiger partial charge in [0, 0.05) is 23.3 Å². The monoisotopic (exact) mass is 509 g/mol. The smallest absolute Gasteiger partial charge is 0.255 e. The number of hydrogen-bond acceptors (Lipinski definition) is 6. The first kappa shape index (κ1) is 25.1. The number of aliphatic hydroxyl groups excluding tert-OH is 1. The Morgan fingerprint density at radius 3 is 2.73 bits per heavy atom. The van der Waals surface area contributed by atoms with E-state index in [9.17, 15) is 14.0 Å². The fraction of sp³-hybridized carbons (Fsp3) is 0.481. The highest BCUT2D eigenvalue weighted by molar-refractivity contribution is 6.09. The van der Waals surface area contributed by atoms with Crippen LogP contribution in [0.4, 0.5) is 4.39 Å². The van der Waals surface area contributed by atoms with Crippen LogP contribution in [0.1, 0.15) is 55.1 Å². The van der Waals surface area contributed by atoms with Crippen LogP contribution in [-0.4, -0.2) is 57.2 Å². The lowest BCUT2D eigenvalue weighted by molar-refractivity contribution is -0.125. The van der Waals surface area contributed by atoms with Crippen molar-refractivity contribution in [2.24, 2.45) is 11.8 Å². The molecule has 0 unspecified atom stereocenters. The fourth-order valence-electron chi connectivity index (χ4n) is 5.16. The van der Waals surface area contributed by atoms with Crippen LogP contribution in [0.2, 0.25) is 0 Å². The van der Waals surface area contributed by atoms with Crippen molar-refractivity contribution in [1.82, 2.24) is 25.6 Å². The highest BCUT2D eigenvalue weighted by Gasteiger charge is 2.31. The van der Waals surface area contributed by atoms with E-state index in [-0.39, 0.29) is 29.8 Å². The predicted octanol–water partition coefficient (Wildman–Crippen LogP) is 3.26. The molecule has 2 fully saturated rings. The molecule has 0 bridgehead atoms. The Morgan fingerprint density at radius 2 is 2.00 bits per heavy atom. The summed E-state index contributed by atoms with van der Waals surface area (Å²) in [6.07, 6.45) is 5.78. The summed E-state index contributed by atoms with van der Waals surface area (Å²) in [5.41, 5.74) is 3.08. The van der Waals surface area contributed by atoms with Crippen molar-refractivity contribution in [3.63, 3.8) is 0 Å². The topological polar surface area (TPSA) is 129 Å². The Hall–Kier alpha value is -3.53. The molecule has 2 amide bonds.